The molecule has 4 rings (SSSR count). The smallest absolute Gasteiger partial charge is 0.481 e. The predicted octanol–water partition coefficient (Wildman–Crippen LogP) is 1.19. The van der Waals surface area contributed by atoms with Gasteiger partial charge in [-0.25, -0.2) is 27.9 Å². The zero-order chi connectivity index (χ0) is 23.6. The first-order valence-corrected chi connectivity index (χ1v) is 11.5. The van der Waals surface area contributed by atoms with Gasteiger partial charge >= 0.3 is 12.1 Å². The monoisotopic (exact) mass is 482 g/mol. The van der Waals surface area contributed by atoms with Gasteiger partial charge in [0.1, 0.15) is 17.7 Å². The van der Waals surface area contributed by atoms with Gasteiger partial charge in [-0.3, -0.25) is 0 Å². The number of aliphatic carboxylic acids is 1. The second-order valence-electron chi connectivity index (χ2n) is 8.07. The van der Waals surface area contributed by atoms with Crippen LogP contribution in [0.5, 0.6) is 5.88 Å². The Morgan fingerprint density at radius 3 is 2.50 bits per heavy atom. The highest BCUT2D eigenvalue weighted by molar-refractivity contribution is 7.90. The van der Waals surface area contributed by atoms with Gasteiger partial charge in [-0.15, -0.1) is 0 Å². The number of carboxylic acids is 1. The summed E-state index contributed by atoms with van der Waals surface area (Å²) in [5.74, 6) is -1.10. The highest BCUT2D eigenvalue weighted by Gasteiger charge is 2.47. The van der Waals surface area contributed by atoms with Crippen LogP contribution in [0.3, 0.4) is 0 Å². The van der Waals surface area contributed by atoms with Gasteiger partial charge in [0.05, 0.1) is 32.1 Å². The summed E-state index contributed by atoms with van der Waals surface area (Å²) in [6.45, 7) is 2.69. The first-order chi connectivity index (χ1) is 14.9. The van der Waals surface area contributed by atoms with Crippen molar-refractivity contribution in [3.63, 3.8) is 0 Å². The molecule has 0 amide bonds. The van der Waals surface area contributed by atoms with E-state index < -0.39 is 22.2 Å². The van der Waals surface area contributed by atoms with Crippen LogP contribution in [0.15, 0.2) is 12.4 Å². The summed E-state index contributed by atoms with van der Waals surface area (Å²) < 4.78 is 69.5. The fourth-order valence-electron chi connectivity index (χ4n) is 3.48. The van der Waals surface area contributed by atoms with Crippen LogP contribution in [0.1, 0.15) is 25.7 Å². The number of aromatic nitrogens is 2. The quantitative estimate of drug-likeness (QED) is 0.614. The maximum atomic E-state index is 11.9. The van der Waals surface area contributed by atoms with Crippen LogP contribution in [0, 0.1) is 5.92 Å². The maximum absolute atomic E-state index is 11.9. The average Bonchev–Trinajstić information content (AvgIpc) is 3.57. The molecule has 0 bridgehead atoms. The standard InChI is InChI=1S/C16H24N4O4S.C2HF3O2/c1-23-15-6-14(17-11-18-15)20-9-16(10-20)5-4-12(8-24-16)7-19-25(21,22)13-2-3-13;3-2(4,5)1(6)7/h6,11-13,19H,2-5,7-10H2,1H3;(H,6,7). The summed E-state index contributed by atoms with van der Waals surface area (Å²) in [5, 5.41) is 6.97. The summed E-state index contributed by atoms with van der Waals surface area (Å²) in [6, 6.07) is 1.82. The molecule has 14 heteroatoms. The molecule has 3 fully saturated rings. The van der Waals surface area contributed by atoms with E-state index in [0.717, 1.165) is 44.6 Å². The lowest BCUT2D eigenvalue weighted by Crippen LogP contribution is -2.65. The Bertz CT molecular complexity index is 910. The zero-order valence-electron chi connectivity index (χ0n) is 17.3. The van der Waals surface area contributed by atoms with Crippen molar-refractivity contribution in [1.29, 1.82) is 0 Å². The van der Waals surface area contributed by atoms with Gasteiger partial charge < -0.3 is 19.5 Å². The third kappa shape index (κ3) is 6.19. The Labute approximate surface area is 183 Å². The van der Waals surface area contributed by atoms with Gasteiger partial charge in [-0.1, -0.05) is 0 Å². The molecule has 180 valence electrons. The van der Waals surface area contributed by atoms with Gasteiger partial charge in [0.25, 0.3) is 0 Å². The number of sulfonamides is 1. The Morgan fingerprint density at radius 1 is 1.34 bits per heavy atom. The second kappa shape index (κ2) is 9.35. The maximum Gasteiger partial charge on any atom is 0.490 e. The Balaban J connectivity index is 0.000000360. The second-order valence-corrected chi connectivity index (χ2v) is 10.1. The number of alkyl halides is 3. The lowest BCUT2D eigenvalue weighted by molar-refractivity contribution is -0.192. The van der Waals surface area contributed by atoms with Crippen molar-refractivity contribution in [1.82, 2.24) is 14.7 Å². The van der Waals surface area contributed by atoms with E-state index in [1.54, 1.807) is 7.11 Å². The van der Waals surface area contributed by atoms with Gasteiger partial charge in [-0.2, -0.15) is 13.2 Å². The molecule has 1 unspecified atom stereocenters. The van der Waals surface area contributed by atoms with E-state index in [2.05, 4.69) is 19.6 Å². The van der Waals surface area contributed by atoms with Crippen molar-refractivity contribution >= 4 is 21.8 Å². The van der Waals surface area contributed by atoms with Crippen molar-refractivity contribution in [2.45, 2.75) is 42.7 Å². The van der Waals surface area contributed by atoms with Crippen molar-refractivity contribution in [3.8, 4) is 5.88 Å². The van der Waals surface area contributed by atoms with Gasteiger partial charge in [0.15, 0.2) is 0 Å². The lowest BCUT2D eigenvalue weighted by Gasteiger charge is -2.53. The highest BCUT2D eigenvalue weighted by atomic mass is 32.2. The van der Waals surface area contributed by atoms with Crippen LogP contribution in [0.2, 0.25) is 0 Å². The molecule has 1 aliphatic carbocycles. The molecule has 0 aromatic carbocycles. The minimum absolute atomic E-state index is 0.121. The molecular formula is C18H25F3N4O6S. The number of hydrogen-bond acceptors (Lipinski definition) is 8. The molecule has 1 saturated carbocycles. The molecule has 1 aromatic heterocycles. The molecule has 1 atom stereocenters. The Kier molecular flexibility index (Phi) is 7.15. The molecule has 0 radical (unpaired) electrons. The molecule has 3 heterocycles. The van der Waals surface area contributed by atoms with Crippen LogP contribution in [0.25, 0.3) is 0 Å². The van der Waals surface area contributed by atoms with E-state index in [0.29, 0.717) is 19.0 Å². The zero-order valence-corrected chi connectivity index (χ0v) is 18.2. The Morgan fingerprint density at radius 2 is 2.00 bits per heavy atom. The number of nitrogens with zero attached hydrogens (tertiary/aromatic N) is 3. The van der Waals surface area contributed by atoms with Crippen LogP contribution in [0.4, 0.5) is 19.0 Å². The predicted molar refractivity (Wildman–Crippen MR) is 106 cm³/mol. The number of nitrogens with one attached hydrogen (secondary N) is 1. The number of carboxylic acid groups (broad SMARTS) is 1. The third-order valence-corrected chi connectivity index (χ3v) is 7.45. The largest absolute Gasteiger partial charge is 0.490 e. The van der Waals surface area contributed by atoms with Gasteiger partial charge in [0, 0.05) is 12.6 Å². The van der Waals surface area contributed by atoms with E-state index in [1.165, 1.54) is 6.33 Å². The number of ether oxygens (including phenoxy) is 2. The molecule has 1 spiro atoms. The fourth-order valence-corrected chi connectivity index (χ4v) is 4.94. The number of carbonyl (C=O) groups is 1. The molecule has 1 aromatic rings. The van der Waals surface area contributed by atoms with Gasteiger partial charge in [-0.05, 0) is 31.6 Å². The number of rotatable bonds is 6. The summed E-state index contributed by atoms with van der Waals surface area (Å²) in [6.07, 6.45) is -0.0644. The molecular weight excluding hydrogens is 457 g/mol. The summed E-state index contributed by atoms with van der Waals surface area (Å²) in [7, 11) is -1.51. The first kappa shape index (κ1) is 24.5. The normalized spacial score (nSPS) is 22.5. The fraction of sp³-hybridized carbons (Fsp3) is 0.722. The van der Waals surface area contributed by atoms with Crippen LogP contribution in [-0.2, 0) is 19.6 Å². The van der Waals surface area contributed by atoms with Crippen LogP contribution < -0.4 is 14.4 Å². The summed E-state index contributed by atoms with van der Waals surface area (Å²) in [5.41, 5.74) is -0.121. The van der Waals surface area contributed by atoms with E-state index in [-0.39, 0.29) is 16.8 Å². The minimum Gasteiger partial charge on any atom is -0.481 e. The van der Waals surface area contributed by atoms with E-state index in [9.17, 15) is 21.6 Å². The number of hydrogen-bond donors (Lipinski definition) is 2. The lowest BCUT2D eigenvalue weighted by atomic mass is 9.83. The number of halogens is 3. The molecule has 32 heavy (non-hydrogen) atoms. The van der Waals surface area contributed by atoms with Crippen molar-refractivity contribution < 1.29 is 41.0 Å². The van der Waals surface area contributed by atoms with Crippen LogP contribution >= 0.6 is 0 Å². The van der Waals surface area contributed by atoms with Gasteiger partial charge in [0.2, 0.25) is 15.9 Å². The van der Waals surface area contributed by atoms with Crippen molar-refractivity contribution in [2.24, 2.45) is 5.92 Å². The van der Waals surface area contributed by atoms with E-state index in [1.807, 2.05) is 6.07 Å². The molecule has 2 aliphatic heterocycles. The summed E-state index contributed by atoms with van der Waals surface area (Å²) >= 11 is 0. The van der Waals surface area contributed by atoms with Crippen molar-refractivity contribution in [2.75, 3.05) is 38.3 Å². The number of methoxy groups -OCH3 is 1. The van der Waals surface area contributed by atoms with E-state index in [4.69, 9.17) is 19.4 Å². The average molecular weight is 482 g/mol. The minimum atomic E-state index is -5.08. The molecule has 3 aliphatic rings. The summed E-state index contributed by atoms with van der Waals surface area (Å²) in [4.78, 5) is 19.4. The van der Waals surface area contributed by atoms with Crippen LogP contribution in [-0.4, -0.2) is 79.8 Å². The molecule has 10 nitrogen and oxygen atoms in total. The topological polar surface area (TPSA) is 131 Å². The number of anilines is 1. The Hall–Kier alpha value is -2.19. The van der Waals surface area contributed by atoms with E-state index >= 15 is 0 Å². The molecule has 2 saturated heterocycles. The third-order valence-electron chi connectivity index (χ3n) is 5.53. The van der Waals surface area contributed by atoms with Crippen molar-refractivity contribution in [3.05, 3.63) is 12.4 Å². The highest BCUT2D eigenvalue weighted by Crippen LogP contribution is 2.38. The molecule has 2 N–H and O–H groups in total. The SMILES string of the molecule is COc1cc(N2CC3(CCC(CNS(=O)(=O)C4CC4)CO3)C2)ncn1.O=C(O)C(F)(F)F. The first-order valence-electron chi connectivity index (χ1n) is 9.98.